The third kappa shape index (κ3) is 3.90. The van der Waals surface area contributed by atoms with Crippen LogP contribution in [0.5, 0.6) is 0 Å². The number of benzene rings is 1. The Bertz CT molecular complexity index is 923. The van der Waals surface area contributed by atoms with Gasteiger partial charge in [-0.05, 0) is 29.8 Å². The van der Waals surface area contributed by atoms with Crippen LogP contribution in [0.25, 0.3) is 22.0 Å². The van der Waals surface area contributed by atoms with Gasteiger partial charge in [0.2, 0.25) is 0 Å². The van der Waals surface area contributed by atoms with Crippen LogP contribution in [0.3, 0.4) is 0 Å². The number of rotatable bonds is 3. The number of hydrogen-bond acceptors (Lipinski definition) is 3. The van der Waals surface area contributed by atoms with Crippen LogP contribution in [0.4, 0.5) is 17.6 Å². The lowest BCUT2D eigenvalue weighted by molar-refractivity contribution is -0.123. The van der Waals surface area contributed by atoms with E-state index in [1.807, 2.05) is 0 Å². The van der Waals surface area contributed by atoms with Crippen molar-refractivity contribution < 1.29 is 22.4 Å². The highest BCUT2D eigenvalue weighted by Gasteiger charge is 2.28. The maximum atomic E-state index is 13.1. The average molecular weight is 349 g/mol. The molecule has 0 fully saturated rings. The van der Waals surface area contributed by atoms with E-state index in [2.05, 4.69) is 9.97 Å². The summed E-state index contributed by atoms with van der Waals surface area (Å²) in [5.74, 6) is -1.33. The predicted octanol–water partition coefficient (Wildman–Crippen LogP) is 3.73. The number of alkyl halides is 3. The average Bonchev–Trinajstić information content (AvgIpc) is 2.59. The van der Waals surface area contributed by atoms with Crippen LogP contribution in [0.2, 0.25) is 0 Å². The van der Waals surface area contributed by atoms with Gasteiger partial charge < -0.3 is 5.32 Å². The summed E-state index contributed by atoms with van der Waals surface area (Å²) in [4.78, 5) is 20.1. The molecule has 3 rings (SSSR count). The SMILES string of the molecule is O=C(NCC(F)(F)F)c1ccc2cncc(-c3ccc(F)cc3)c2n1. The summed E-state index contributed by atoms with van der Waals surface area (Å²) in [5, 5.41) is 2.38. The van der Waals surface area contributed by atoms with Gasteiger partial charge in [0.05, 0.1) is 5.52 Å². The van der Waals surface area contributed by atoms with Crippen molar-refractivity contribution in [3.05, 3.63) is 60.3 Å². The van der Waals surface area contributed by atoms with Crippen LogP contribution < -0.4 is 5.32 Å². The van der Waals surface area contributed by atoms with Gasteiger partial charge in [-0.15, -0.1) is 0 Å². The highest BCUT2D eigenvalue weighted by molar-refractivity contribution is 5.98. The quantitative estimate of drug-likeness (QED) is 0.733. The Labute approximate surface area is 139 Å². The first-order valence-corrected chi connectivity index (χ1v) is 7.19. The van der Waals surface area contributed by atoms with Crippen LogP contribution in [-0.4, -0.2) is 28.6 Å². The second-order valence-electron chi connectivity index (χ2n) is 5.26. The summed E-state index contributed by atoms with van der Waals surface area (Å²) >= 11 is 0. The number of amides is 1. The van der Waals surface area contributed by atoms with Crippen LogP contribution in [-0.2, 0) is 0 Å². The molecule has 0 spiro atoms. The van der Waals surface area contributed by atoms with Crippen molar-refractivity contribution in [2.45, 2.75) is 6.18 Å². The summed E-state index contributed by atoms with van der Waals surface area (Å²) in [6.07, 6.45) is -1.48. The zero-order chi connectivity index (χ0) is 18.0. The molecule has 0 radical (unpaired) electrons. The van der Waals surface area contributed by atoms with Crippen molar-refractivity contribution in [3.8, 4) is 11.1 Å². The fourth-order valence-electron chi connectivity index (χ4n) is 2.28. The number of carbonyl (C=O) groups excluding carboxylic acids is 1. The summed E-state index contributed by atoms with van der Waals surface area (Å²) < 4.78 is 49.8. The Morgan fingerprint density at radius 1 is 1.04 bits per heavy atom. The molecule has 0 saturated carbocycles. The van der Waals surface area contributed by atoms with Gasteiger partial charge in [0, 0.05) is 23.3 Å². The normalized spacial score (nSPS) is 11.5. The van der Waals surface area contributed by atoms with Gasteiger partial charge in [0.15, 0.2) is 0 Å². The Morgan fingerprint density at radius 3 is 2.44 bits per heavy atom. The van der Waals surface area contributed by atoms with Gasteiger partial charge in [-0.3, -0.25) is 9.78 Å². The van der Waals surface area contributed by atoms with Gasteiger partial charge in [-0.2, -0.15) is 13.2 Å². The molecule has 4 nitrogen and oxygen atoms in total. The topological polar surface area (TPSA) is 54.9 Å². The smallest absolute Gasteiger partial charge is 0.342 e. The number of aromatic nitrogens is 2. The minimum absolute atomic E-state index is 0.147. The lowest BCUT2D eigenvalue weighted by Gasteiger charge is -2.10. The first kappa shape index (κ1) is 16.8. The standard InChI is InChI=1S/C17H11F4N3O/c18-12-4-1-10(2-5-12)13-8-22-7-11-3-6-14(24-15(11)13)16(25)23-9-17(19,20)21/h1-8H,9H2,(H,23,25). The summed E-state index contributed by atoms with van der Waals surface area (Å²) in [6, 6.07) is 8.48. The second kappa shape index (κ2) is 6.46. The number of carbonyl (C=O) groups is 1. The van der Waals surface area contributed by atoms with E-state index in [4.69, 9.17) is 0 Å². The van der Waals surface area contributed by atoms with Crippen LogP contribution in [0.1, 0.15) is 10.5 Å². The Morgan fingerprint density at radius 2 is 1.76 bits per heavy atom. The first-order valence-electron chi connectivity index (χ1n) is 7.19. The Balaban J connectivity index is 2.00. The van der Waals surface area contributed by atoms with Crippen molar-refractivity contribution in [1.82, 2.24) is 15.3 Å². The number of pyridine rings is 2. The van der Waals surface area contributed by atoms with Gasteiger partial charge in [-0.25, -0.2) is 9.37 Å². The van der Waals surface area contributed by atoms with E-state index >= 15 is 0 Å². The van der Waals surface area contributed by atoms with E-state index in [9.17, 15) is 22.4 Å². The minimum Gasteiger partial charge on any atom is -0.342 e. The van der Waals surface area contributed by atoms with E-state index < -0.39 is 24.4 Å². The molecule has 0 atom stereocenters. The van der Waals surface area contributed by atoms with E-state index in [0.29, 0.717) is 22.0 Å². The van der Waals surface area contributed by atoms with E-state index in [1.54, 1.807) is 11.4 Å². The lowest BCUT2D eigenvalue weighted by atomic mass is 10.0. The Hall–Kier alpha value is -3.03. The number of nitrogens with one attached hydrogen (secondary N) is 1. The molecule has 2 heterocycles. The fourth-order valence-corrected chi connectivity index (χ4v) is 2.28. The van der Waals surface area contributed by atoms with Crippen molar-refractivity contribution in [1.29, 1.82) is 0 Å². The van der Waals surface area contributed by atoms with Crippen LogP contribution >= 0.6 is 0 Å². The van der Waals surface area contributed by atoms with E-state index in [1.165, 1.54) is 42.7 Å². The van der Waals surface area contributed by atoms with E-state index in [0.717, 1.165) is 0 Å². The first-order chi connectivity index (χ1) is 11.8. The predicted molar refractivity (Wildman–Crippen MR) is 83.3 cm³/mol. The fraction of sp³-hybridized carbons (Fsp3) is 0.118. The molecule has 2 aromatic heterocycles. The van der Waals surface area contributed by atoms with Gasteiger partial charge in [0.25, 0.3) is 5.91 Å². The maximum Gasteiger partial charge on any atom is 0.405 e. The number of halogens is 4. The molecule has 0 saturated heterocycles. The molecule has 0 aliphatic rings. The molecule has 25 heavy (non-hydrogen) atoms. The number of hydrogen-bond donors (Lipinski definition) is 1. The van der Waals surface area contributed by atoms with Crippen molar-refractivity contribution >= 4 is 16.8 Å². The molecular formula is C17H11F4N3O. The van der Waals surface area contributed by atoms with Crippen molar-refractivity contribution in [2.24, 2.45) is 0 Å². The van der Waals surface area contributed by atoms with Crippen molar-refractivity contribution in [3.63, 3.8) is 0 Å². The molecule has 3 aromatic rings. The highest BCUT2D eigenvalue weighted by Crippen LogP contribution is 2.26. The minimum atomic E-state index is -4.50. The van der Waals surface area contributed by atoms with Gasteiger partial charge >= 0.3 is 6.18 Å². The number of nitrogens with zero attached hydrogens (tertiary/aromatic N) is 2. The molecule has 0 aliphatic heterocycles. The molecule has 0 unspecified atom stereocenters. The summed E-state index contributed by atoms with van der Waals surface area (Å²) in [6.45, 7) is -1.44. The van der Waals surface area contributed by atoms with Crippen molar-refractivity contribution in [2.75, 3.05) is 6.54 Å². The molecule has 1 aromatic carbocycles. The van der Waals surface area contributed by atoms with E-state index in [-0.39, 0.29) is 5.69 Å². The maximum absolute atomic E-state index is 13.1. The lowest BCUT2D eigenvalue weighted by Crippen LogP contribution is -2.34. The third-order valence-electron chi connectivity index (χ3n) is 3.44. The van der Waals surface area contributed by atoms with Gasteiger partial charge in [0.1, 0.15) is 18.1 Å². The summed E-state index contributed by atoms with van der Waals surface area (Å²) in [7, 11) is 0. The second-order valence-corrected chi connectivity index (χ2v) is 5.26. The largest absolute Gasteiger partial charge is 0.405 e. The summed E-state index contributed by atoms with van der Waals surface area (Å²) in [5.41, 5.74) is 1.41. The monoisotopic (exact) mass is 349 g/mol. The molecule has 0 aliphatic carbocycles. The third-order valence-corrected chi connectivity index (χ3v) is 3.44. The van der Waals surface area contributed by atoms with Gasteiger partial charge in [-0.1, -0.05) is 12.1 Å². The molecule has 8 heteroatoms. The van der Waals surface area contributed by atoms with Crippen LogP contribution in [0, 0.1) is 5.82 Å². The molecule has 128 valence electrons. The molecule has 0 bridgehead atoms. The molecule has 1 N–H and O–H groups in total. The molecular weight excluding hydrogens is 338 g/mol. The molecule has 1 amide bonds. The highest BCUT2D eigenvalue weighted by atomic mass is 19.4. The zero-order valence-corrected chi connectivity index (χ0v) is 12.6. The Kier molecular flexibility index (Phi) is 4.35. The van der Waals surface area contributed by atoms with Crippen LogP contribution in [0.15, 0.2) is 48.8 Å². The number of fused-ring (bicyclic) bond motifs is 1. The zero-order valence-electron chi connectivity index (χ0n) is 12.6.